The van der Waals surface area contributed by atoms with Crippen molar-refractivity contribution in [1.29, 1.82) is 0 Å². The molecule has 0 atom stereocenters. The third-order valence-electron chi connectivity index (χ3n) is 2.77. The van der Waals surface area contributed by atoms with Gasteiger partial charge in [-0.1, -0.05) is 25.4 Å². The summed E-state index contributed by atoms with van der Waals surface area (Å²) in [5, 5.41) is 14.4. The Morgan fingerprint density at radius 3 is 2.83 bits per heavy atom. The lowest BCUT2D eigenvalue weighted by Gasteiger charge is -2.23. The number of amides is 1. The molecule has 0 aromatic carbocycles. The van der Waals surface area contributed by atoms with E-state index < -0.39 is 0 Å². The SMILES string of the molecule is CC(C)(CCO)CNC(=O)CCc1cc(Cl)cs1. The first-order chi connectivity index (χ1) is 8.43. The van der Waals surface area contributed by atoms with Crippen molar-refractivity contribution >= 4 is 28.8 Å². The van der Waals surface area contributed by atoms with Crippen LogP contribution in [0.3, 0.4) is 0 Å². The predicted octanol–water partition coefficient (Wildman–Crippen LogP) is 2.86. The molecule has 1 aromatic heterocycles. The number of hydrogen-bond donors (Lipinski definition) is 2. The van der Waals surface area contributed by atoms with Crippen LogP contribution in [0.25, 0.3) is 0 Å². The first-order valence-corrected chi connectivity index (χ1v) is 7.29. The van der Waals surface area contributed by atoms with Gasteiger partial charge in [0.05, 0.1) is 5.02 Å². The maximum absolute atomic E-state index is 11.7. The highest BCUT2D eigenvalue weighted by Gasteiger charge is 2.17. The molecule has 102 valence electrons. The molecule has 0 aliphatic rings. The van der Waals surface area contributed by atoms with Crippen LogP contribution in [0.1, 0.15) is 31.6 Å². The normalized spacial score (nSPS) is 11.6. The van der Waals surface area contributed by atoms with Gasteiger partial charge >= 0.3 is 0 Å². The van der Waals surface area contributed by atoms with E-state index in [1.54, 1.807) is 11.3 Å². The van der Waals surface area contributed by atoms with Crippen molar-refractivity contribution in [2.75, 3.05) is 13.2 Å². The number of carbonyl (C=O) groups excluding carboxylic acids is 1. The van der Waals surface area contributed by atoms with Crippen LogP contribution in [0.5, 0.6) is 0 Å². The van der Waals surface area contributed by atoms with Crippen LogP contribution in [0.2, 0.25) is 5.02 Å². The zero-order chi connectivity index (χ0) is 13.6. The van der Waals surface area contributed by atoms with Gasteiger partial charge < -0.3 is 10.4 Å². The van der Waals surface area contributed by atoms with Crippen molar-refractivity contribution < 1.29 is 9.90 Å². The minimum atomic E-state index is -0.0589. The van der Waals surface area contributed by atoms with Crippen molar-refractivity contribution in [3.8, 4) is 0 Å². The maximum atomic E-state index is 11.7. The number of hydrogen-bond acceptors (Lipinski definition) is 3. The van der Waals surface area contributed by atoms with E-state index in [4.69, 9.17) is 16.7 Å². The minimum Gasteiger partial charge on any atom is -0.396 e. The van der Waals surface area contributed by atoms with Gasteiger partial charge in [-0.2, -0.15) is 0 Å². The number of nitrogens with one attached hydrogen (secondary N) is 1. The zero-order valence-corrected chi connectivity index (χ0v) is 12.4. The number of carbonyl (C=O) groups is 1. The molecule has 0 fully saturated rings. The molecule has 0 aliphatic carbocycles. The summed E-state index contributed by atoms with van der Waals surface area (Å²) < 4.78 is 0. The van der Waals surface area contributed by atoms with Crippen molar-refractivity contribution in [1.82, 2.24) is 5.32 Å². The fraction of sp³-hybridized carbons (Fsp3) is 0.615. The Kier molecular flexibility index (Phi) is 6.12. The van der Waals surface area contributed by atoms with Crippen LogP contribution in [-0.4, -0.2) is 24.2 Å². The summed E-state index contributed by atoms with van der Waals surface area (Å²) in [5.41, 5.74) is -0.0589. The first kappa shape index (κ1) is 15.5. The van der Waals surface area contributed by atoms with Crippen molar-refractivity contribution in [2.45, 2.75) is 33.1 Å². The second-order valence-corrected chi connectivity index (χ2v) is 6.58. The molecule has 2 N–H and O–H groups in total. The molecular weight excluding hydrogens is 270 g/mol. The fourth-order valence-electron chi connectivity index (χ4n) is 1.54. The molecule has 0 bridgehead atoms. The predicted molar refractivity (Wildman–Crippen MR) is 76.1 cm³/mol. The molecule has 18 heavy (non-hydrogen) atoms. The molecule has 1 rings (SSSR count). The molecule has 0 unspecified atom stereocenters. The van der Waals surface area contributed by atoms with Crippen molar-refractivity contribution in [2.24, 2.45) is 5.41 Å². The van der Waals surface area contributed by atoms with Gasteiger partial charge in [-0.3, -0.25) is 4.79 Å². The second-order valence-electron chi connectivity index (χ2n) is 5.15. The van der Waals surface area contributed by atoms with E-state index in [9.17, 15) is 4.79 Å². The quantitative estimate of drug-likeness (QED) is 0.811. The van der Waals surface area contributed by atoms with Crippen LogP contribution in [0.4, 0.5) is 0 Å². The van der Waals surface area contributed by atoms with Gasteiger partial charge in [0.2, 0.25) is 5.91 Å². The van der Waals surface area contributed by atoms with E-state index in [-0.39, 0.29) is 17.9 Å². The van der Waals surface area contributed by atoms with Gasteiger partial charge in [0.25, 0.3) is 0 Å². The monoisotopic (exact) mass is 289 g/mol. The highest BCUT2D eigenvalue weighted by Crippen LogP contribution is 2.21. The molecular formula is C13H20ClNO2S. The number of thiophene rings is 1. The molecule has 1 amide bonds. The Hall–Kier alpha value is -0.580. The van der Waals surface area contributed by atoms with Gasteiger partial charge in [-0.25, -0.2) is 0 Å². The highest BCUT2D eigenvalue weighted by molar-refractivity contribution is 7.10. The Labute approximate surface area is 117 Å². The smallest absolute Gasteiger partial charge is 0.220 e. The lowest BCUT2D eigenvalue weighted by atomic mass is 9.90. The van der Waals surface area contributed by atoms with Gasteiger partial charge in [-0.05, 0) is 24.3 Å². The molecule has 5 heteroatoms. The lowest BCUT2D eigenvalue weighted by Crippen LogP contribution is -2.34. The van der Waals surface area contributed by atoms with E-state index in [1.807, 2.05) is 25.3 Å². The highest BCUT2D eigenvalue weighted by atomic mass is 35.5. The summed E-state index contributed by atoms with van der Waals surface area (Å²) >= 11 is 7.40. The second kappa shape index (κ2) is 7.12. The first-order valence-electron chi connectivity index (χ1n) is 6.03. The van der Waals surface area contributed by atoms with Crippen molar-refractivity contribution in [3.05, 3.63) is 21.3 Å². The number of aliphatic hydroxyl groups is 1. The van der Waals surface area contributed by atoms with Gasteiger partial charge in [0.1, 0.15) is 0 Å². The fourth-order valence-corrected chi connectivity index (χ4v) is 2.62. The lowest BCUT2D eigenvalue weighted by molar-refractivity contribution is -0.121. The van der Waals surface area contributed by atoms with E-state index in [0.717, 1.165) is 16.3 Å². The molecule has 0 spiro atoms. The van der Waals surface area contributed by atoms with E-state index in [1.165, 1.54) is 0 Å². The van der Waals surface area contributed by atoms with Crippen LogP contribution < -0.4 is 5.32 Å². The molecule has 1 aromatic rings. The van der Waals surface area contributed by atoms with Crippen LogP contribution >= 0.6 is 22.9 Å². The molecule has 0 saturated carbocycles. The number of rotatable bonds is 7. The number of halogens is 1. The Bertz CT molecular complexity index is 390. The Balaban J connectivity index is 2.26. The van der Waals surface area contributed by atoms with Crippen molar-refractivity contribution in [3.63, 3.8) is 0 Å². The van der Waals surface area contributed by atoms with Crippen LogP contribution in [0, 0.1) is 5.41 Å². The largest absolute Gasteiger partial charge is 0.396 e. The molecule has 0 saturated heterocycles. The molecule has 0 aliphatic heterocycles. The molecule has 0 radical (unpaired) electrons. The van der Waals surface area contributed by atoms with Gasteiger partial charge in [-0.15, -0.1) is 11.3 Å². The average Bonchev–Trinajstić information content (AvgIpc) is 2.70. The summed E-state index contributed by atoms with van der Waals surface area (Å²) in [5.74, 6) is 0.0468. The summed E-state index contributed by atoms with van der Waals surface area (Å²) in [4.78, 5) is 12.8. The summed E-state index contributed by atoms with van der Waals surface area (Å²) in [6, 6.07) is 1.90. The van der Waals surface area contributed by atoms with E-state index in [2.05, 4.69) is 5.32 Å². The van der Waals surface area contributed by atoms with E-state index >= 15 is 0 Å². The minimum absolute atomic E-state index is 0.0468. The van der Waals surface area contributed by atoms with E-state index in [0.29, 0.717) is 19.4 Å². The summed E-state index contributed by atoms with van der Waals surface area (Å²) in [6.07, 6.45) is 1.89. The Morgan fingerprint density at radius 2 is 2.28 bits per heavy atom. The topological polar surface area (TPSA) is 49.3 Å². The maximum Gasteiger partial charge on any atom is 0.220 e. The van der Waals surface area contributed by atoms with Gasteiger partial charge in [0, 0.05) is 29.8 Å². The van der Waals surface area contributed by atoms with Crippen LogP contribution in [-0.2, 0) is 11.2 Å². The molecule has 3 nitrogen and oxygen atoms in total. The third-order valence-corrected chi connectivity index (χ3v) is 4.12. The number of aliphatic hydroxyl groups excluding tert-OH is 1. The summed E-state index contributed by atoms with van der Waals surface area (Å²) in [6.45, 7) is 4.80. The summed E-state index contributed by atoms with van der Waals surface area (Å²) in [7, 11) is 0. The standard InChI is InChI=1S/C13H20ClNO2S/c1-13(2,5-6-16)9-15-12(17)4-3-11-7-10(14)8-18-11/h7-8,16H,3-6,9H2,1-2H3,(H,15,17). The van der Waals surface area contributed by atoms with Gasteiger partial charge in [0.15, 0.2) is 0 Å². The average molecular weight is 290 g/mol. The third kappa shape index (κ3) is 5.85. The number of aryl methyl sites for hydroxylation is 1. The molecule has 1 heterocycles. The van der Waals surface area contributed by atoms with Crippen LogP contribution in [0.15, 0.2) is 11.4 Å². The zero-order valence-electron chi connectivity index (χ0n) is 10.8. The Morgan fingerprint density at radius 1 is 1.56 bits per heavy atom.